The third kappa shape index (κ3) is 3.12. The highest BCUT2D eigenvalue weighted by atomic mass is 16.5. The van der Waals surface area contributed by atoms with E-state index in [1.165, 1.54) is 0 Å². The van der Waals surface area contributed by atoms with Gasteiger partial charge in [-0.2, -0.15) is 5.10 Å². The fourth-order valence-electron chi connectivity index (χ4n) is 2.36. The monoisotopic (exact) mass is 287 g/mol. The van der Waals surface area contributed by atoms with Gasteiger partial charge in [0.2, 0.25) is 0 Å². The van der Waals surface area contributed by atoms with Gasteiger partial charge in [-0.3, -0.25) is 9.48 Å². The molecule has 0 N–H and O–H groups in total. The molecule has 1 aromatic carbocycles. The van der Waals surface area contributed by atoms with Gasteiger partial charge in [0.15, 0.2) is 5.82 Å². The molecular formula is C16H21N3O2. The average molecular weight is 287 g/mol. The van der Waals surface area contributed by atoms with E-state index in [9.17, 15) is 4.79 Å². The van der Waals surface area contributed by atoms with Crippen LogP contribution in [0.1, 0.15) is 42.5 Å². The summed E-state index contributed by atoms with van der Waals surface area (Å²) in [6, 6.07) is 7.80. The normalized spacial score (nSPS) is 12.2. The van der Waals surface area contributed by atoms with Gasteiger partial charge in [0, 0.05) is 13.5 Å². The number of hydrogen-bond donors (Lipinski definition) is 0. The van der Waals surface area contributed by atoms with Crippen LogP contribution in [-0.4, -0.2) is 27.3 Å². The molecule has 2 aromatic rings. The van der Waals surface area contributed by atoms with E-state index >= 15 is 0 Å². The molecule has 0 bridgehead atoms. The zero-order valence-corrected chi connectivity index (χ0v) is 13.0. The second-order valence-electron chi connectivity index (χ2n) is 4.91. The van der Waals surface area contributed by atoms with E-state index in [1.54, 1.807) is 11.6 Å². The third-order valence-corrected chi connectivity index (χ3v) is 3.44. The van der Waals surface area contributed by atoms with E-state index in [2.05, 4.69) is 10.1 Å². The molecule has 1 unspecified atom stereocenters. The standard InChI is InChI=1S/C16H21N3O2/c1-5-13-17-15(19(4)18-13)14(16(20)21-6-2)12-10-8-7-9-11(12)3/h7-10,14H,5-6H2,1-4H3. The van der Waals surface area contributed by atoms with Crippen LogP contribution in [0.2, 0.25) is 0 Å². The van der Waals surface area contributed by atoms with Crippen LogP contribution in [0.3, 0.4) is 0 Å². The Bertz CT molecular complexity index is 634. The fourth-order valence-corrected chi connectivity index (χ4v) is 2.36. The van der Waals surface area contributed by atoms with Crippen LogP contribution in [0.5, 0.6) is 0 Å². The zero-order chi connectivity index (χ0) is 15.4. The highest BCUT2D eigenvalue weighted by Crippen LogP contribution is 2.27. The van der Waals surface area contributed by atoms with Crippen molar-refractivity contribution in [2.45, 2.75) is 33.1 Å². The van der Waals surface area contributed by atoms with Crippen LogP contribution < -0.4 is 0 Å². The second kappa shape index (κ2) is 6.52. The van der Waals surface area contributed by atoms with Crippen molar-refractivity contribution in [3.05, 3.63) is 47.0 Å². The summed E-state index contributed by atoms with van der Waals surface area (Å²) in [5.74, 6) is 0.531. The Morgan fingerprint density at radius 2 is 2.05 bits per heavy atom. The Labute approximate surface area is 125 Å². The second-order valence-corrected chi connectivity index (χ2v) is 4.91. The molecule has 112 valence electrons. The van der Waals surface area contributed by atoms with Crippen LogP contribution >= 0.6 is 0 Å². The Morgan fingerprint density at radius 1 is 1.33 bits per heavy atom. The molecule has 5 nitrogen and oxygen atoms in total. The van der Waals surface area contributed by atoms with E-state index in [-0.39, 0.29) is 5.97 Å². The first kappa shape index (κ1) is 15.2. The quantitative estimate of drug-likeness (QED) is 0.792. The number of hydrogen-bond acceptors (Lipinski definition) is 4. The number of carbonyl (C=O) groups excluding carboxylic acids is 1. The molecule has 0 aliphatic rings. The van der Waals surface area contributed by atoms with E-state index < -0.39 is 5.92 Å². The molecule has 1 aromatic heterocycles. The van der Waals surface area contributed by atoms with Gasteiger partial charge in [0.25, 0.3) is 0 Å². The largest absolute Gasteiger partial charge is 0.465 e. The predicted molar refractivity (Wildman–Crippen MR) is 80.0 cm³/mol. The molecule has 0 saturated carbocycles. The molecule has 1 heterocycles. The van der Waals surface area contributed by atoms with Gasteiger partial charge < -0.3 is 4.74 Å². The van der Waals surface area contributed by atoms with Gasteiger partial charge in [0.1, 0.15) is 11.7 Å². The lowest BCUT2D eigenvalue weighted by Gasteiger charge is -2.17. The molecule has 0 saturated heterocycles. The number of aromatic nitrogens is 3. The summed E-state index contributed by atoms with van der Waals surface area (Å²) in [5, 5.41) is 4.35. The van der Waals surface area contributed by atoms with Crippen molar-refractivity contribution in [1.82, 2.24) is 14.8 Å². The maximum absolute atomic E-state index is 12.4. The molecule has 0 aliphatic carbocycles. The van der Waals surface area contributed by atoms with Gasteiger partial charge in [-0.15, -0.1) is 0 Å². The van der Waals surface area contributed by atoms with Crippen LogP contribution in [-0.2, 0) is 23.0 Å². The first-order valence-corrected chi connectivity index (χ1v) is 7.20. The highest BCUT2D eigenvalue weighted by Gasteiger charge is 2.30. The fraction of sp³-hybridized carbons (Fsp3) is 0.438. The number of rotatable bonds is 5. The van der Waals surface area contributed by atoms with Crippen molar-refractivity contribution in [3.63, 3.8) is 0 Å². The van der Waals surface area contributed by atoms with Crippen molar-refractivity contribution < 1.29 is 9.53 Å². The van der Waals surface area contributed by atoms with Crippen molar-refractivity contribution in [3.8, 4) is 0 Å². The summed E-state index contributed by atoms with van der Waals surface area (Å²) in [6.45, 7) is 6.13. The van der Waals surface area contributed by atoms with Gasteiger partial charge in [0.05, 0.1) is 6.61 Å². The topological polar surface area (TPSA) is 57.0 Å². The Kier molecular flexibility index (Phi) is 4.73. The van der Waals surface area contributed by atoms with Gasteiger partial charge in [-0.1, -0.05) is 31.2 Å². The predicted octanol–water partition coefficient (Wildman–Crippen LogP) is 2.38. The summed E-state index contributed by atoms with van der Waals surface area (Å²) in [4.78, 5) is 16.9. The maximum Gasteiger partial charge on any atom is 0.321 e. The molecule has 0 fully saturated rings. The van der Waals surface area contributed by atoms with Crippen LogP contribution in [0.25, 0.3) is 0 Å². The lowest BCUT2D eigenvalue weighted by atomic mass is 9.94. The van der Waals surface area contributed by atoms with Gasteiger partial charge >= 0.3 is 5.97 Å². The molecule has 2 rings (SSSR count). The van der Waals surface area contributed by atoms with Crippen LogP contribution in [0.4, 0.5) is 0 Å². The molecule has 0 spiro atoms. The third-order valence-electron chi connectivity index (χ3n) is 3.44. The van der Waals surface area contributed by atoms with Crippen molar-refractivity contribution in [1.29, 1.82) is 0 Å². The summed E-state index contributed by atoms with van der Waals surface area (Å²) < 4.78 is 6.92. The maximum atomic E-state index is 12.4. The number of esters is 1. The van der Waals surface area contributed by atoms with Crippen molar-refractivity contribution in [2.24, 2.45) is 7.05 Å². The molecule has 0 amide bonds. The van der Waals surface area contributed by atoms with Gasteiger partial charge in [-0.05, 0) is 25.0 Å². The molecule has 0 radical (unpaired) electrons. The molecule has 1 atom stereocenters. The van der Waals surface area contributed by atoms with E-state index in [4.69, 9.17) is 4.74 Å². The summed E-state index contributed by atoms with van der Waals surface area (Å²) in [6.07, 6.45) is 0.733. The lowest BCUT2D eigenvalue weighted by molar-refractivity contribution is -0.144. The minimum absolute atomic E-state index is 0.287. The SMILES string of the molecule is CCOC(=O)C(c1ccccc1C)c1nc(CC)nn1C. The highest BCUT2D eigenvalue weighted by molar-refractivity contribution is 5.81. The molecule has 5 heteroatoms. The molecular weight excluding hydrogens is 266 g/mol. The first-order chi connectivity index (χ1) is 10.1. The van der Waals surface area contributed by atoms with Crippen LogP contribution in [0, 0.1) is 6.92 Å². The molecule has 0 aliphatic heterocycles. The van der Waals surface area contributed by atoms with Crippen molar-refractivity contribution >= 4 is 5.97 Å². The molecule has 21 heavy (non-hydrogen) atoms. The van der Waals surface area contributed by atoms with Crippen molar-refractivity contribution in [2.75, 3.05) is 6.61 Å². The van der Waals surface area contributed by atoms with E-state index in [1.807, 2.05) is 45.2 Å². The number of nitrogens with zero attached hydrogens (tertiary/aromatic N) is 3. The number of aryl methyl sites for hydroxylation is 3. The number of benzene rings is 1. The summed E-state index contributed by atoms with van der Waals surface area (Å²) >= 11 is 0. The Balaban J connectivity index is 2.53. The van der Waals surface area contributed by atoms with Gasteiger partial charge in [-0.25, -0.2) is 4.98 Å². The number of carbonyl (C=O) groups is 1. The zero-order valence-electron chi connectivity index (χ0n) is 13.0. The lowest BCUT2D eigenvalue weighted by Crippen LogP contribution is -2.21. The Morgan fingerprint density at radius 3 is 2.62 bits per heavy atom. The van der Waals surface area contributed by atoms with E-state index in [0.29, 0.717) is 12.4 Å². The average Bonchev–Trinajstić information content (AvgIpc) is 2.83. The summed E-state index contributed by atoms with van der Waals surface area (Å²) in [7, 11) is 1.81. The number of ether oxygens (including phenoxy) is 1. The van der Waals surface area contributed by atoms with E-state index in [0.717, 1.165) is 23.4 Å². The van der Waals surface area contributed by atoms with Crippen LogP contribution in [0.15, 0.2) is 24.3 Å². The first-order valence-electron chi connectivity index (χ1n) is 7.20. The summed E-state index contributed by atoms with van der Waals surface area (Å²) in [5.41, 5.74) is 1.95. The minimum Gasteiger partial charge on any atom is -0.465 e. The minimum atomic E-state index is -0.538. The Hall–Kier alpha value is -2.17. The smallest absolute Gasteiger partial charge is 0.321 e.